The van der Waals surface area contributed by atoms with E-state index in [2.05, 4.69) is 15.0 Å². The minimum Gasteiger partial charge on any atom is -0.313 e. The minimum absolute atomic E-state index is 0.0450. The van der Waals surface area contributed by atoms with E-state index in [9.17, 15) is 4.79 Å². The molecule has 2 aromatic rings. The standard InChI is InChI=1S/C12H13N3O/c1-2-10-11(14-8-15-12(10)16)6-9-4-3-5-13-7-9/h3-5,7-8H,2,6H2,1H3,(H,14,15,16). The first-order chi connectivity index (χ1) is 7.81. The molecule has 4 nitrogen and oxygen atoms in total. The molecule has 0 aliphatic carbocycles. The Labute approximate surface area is 93.4 Å². The lowest BCUT2D eigenvalue weighted by Crippen LogP contribution is -2.16. The van der Waals surface area contributed by atoms with E-state index in [0.29, 0.717) is 12.8 Å². The predicted molar refractivity (Wildman–Crippen MR) is 61.3 cm³/mol. The van der Waals surface area contributed by atoms with Gasteiger partial charge >= 0.3 is 0 Å². The zero-order chi connectivity index (χ0) is 11.4. The lowest BCUT2D eigenvalue weighted by molar-refractivity contribution is 0.919. The van der Waals surface area contributed by atoms with Crippen LogP contribution in [0.3, 0.4) is 0 Å². The molecule has 2 aromatic heterocycles. The number of hydrogen-bond donors (Lipinski definition) is 1. The highest BCUT2D eigenvalue weighted by atomic mass is 16.1. The van der Waals surface area contributed by atoms with Crippen molar-refractivity contribution in [2.24, 2.45) is 0 Å². The van der Waals surface area contributed by atoms with Crippen molar-refractivity contribution in [3.63, 3.8) is 0 Å². The lowest BCUT2D eigenvalue weighted by Gasteiger charge is -2.04. The van der Waals surface area contributed by atoms with Crippen molar-refractivity contribution in [2.45, 2.75) is 19.8 Å². The van der Waals surface area contributed by atoms with Crippen LogP contribution in [-0.4, -0.2) is 15.0 Å². The first kappa shape index (κ1) is 10.5. The van der Waals surface area contributed by atoms with E-state index in [1.54, 1.807) is 12.4 Å². The van der Waals surface area contributed by atoms with E-state index < -0.39 is 0 Å². The number of pyridine rings is 1. The van der Waals surface area contributed by atoms with Crippen LogP contribution in [0.2, 0.25) is 0 Å². The van der Waals surface area contributed by atoms with Gasteiger partial charge in [0.25, 0.3) is 5.56 Å². The molecule has 4 heteroatoms. The molecule has 2 heterocycles. The number of rotatable bonds is 3. The maximum atomic E-state index is 11.6. The SMILES string of the molecule is CCc1c(Cc2cccnc2)nc[nH]c1=O. The van der Waals surface area contributed by atoms with Crippen LogP contribution in [0.5, 0.6) is 0 Å². The maximum absolute atomic E-state index is 11.6. The highest BCUT2D eigenvalue weighted by molar-refractivity contribution is 5.23. The van der Waals surface area contributed by atoms with E-state index in [1.807, 2.05) is 19.1 Å². The number of aromatic nitrogens is 3. The Morgan fingerprint density at radius 2 is 2.31 bits per heavy atom. The average Bonchev–Trinajstić information content (AvgIpc) is 2.31. The van der Waals surface area contributed by atoms with Crippen LogP contribution in [0.25, 0.3) is 0 Å². The Hall–Kier alpha value is -1.97. The van der Waals surface area contributed by atoms with Gasteiger partial charge in [-0.2, -0.15) is 0 Å². The van der Waals surface area contributed by atoms with Crippen LogP contribution in [-0.2, 0) is 12.8 Å². The number of hydrogen-bond acceptors (Lipinski definition) is 3. The van der Waals surface area contributed by atoms with Crippen LogP contribution in [0.1, 0.15) is 23.7 Å². The van der Waals surface area contributed by atoms with Crippen molar-refractivity contribution >= 4 is 0 Å². The summed E-state index contributed by atoms with van der Waals surface area (Å²) in [7, 11) is 0. The molecule has 0 aliphatic rings. The van der Waals surface area contributed by atoms with E-state index in [4.69, 9.17) is 0 Å². The summed E-state index contributed by atoms with van der Waals surface area (Å²) < 4.78 is 0. The fraction of sp³-hybridized carbons (Fsp3) is 0.250. The molecule has 0 aliphatic heterocycles. The van der Waals surface area contributed by atoms with Gasteiger partial charge in [-0.3, -0.25) is 9.78 Å². The lowest BCUT2D eigenvalue weighted by atomic mass is 10.1. The number of aromatic amines is 1. The van der Waals surface area contributed by atoms with Gasteiger partial charge in [0.05, 0.1) is 12.0 Å². The van der Waals surface area contributed by atoms with Crippen molar-refractivity contribution < 1.29 is 0 Å². The third-order valence-corrected chi connectivity index (χ3v) is 2.49. The van der Waals surface area contributed by atoms with Crippen molar-refractivity contribution in [3.05, 3.63) is 58.0 Å². The molecule has 0 saturated heterocycles. The van der Waals surface area contributed by atoms with Gasteiger partial charge in [-0.1, -0.05) is 13.0 Å². The van der Waals surface area contributed by atoms with E-state index >= 15 is 0 Å². The molecule has 2 rings (SSSR count). The number of nitrogens with one attached hydrogen (secondary N) is 1. The van der Waals surface area contributed by atoms with E-state index in [1.165, 1.54) is 6.33 Å². The third kappa shape index (κ3) is 2.16. The van der Waals surface area contributed by atoms with Crippen LogP contribution >= 0.6 is 0 Å². The molecule has 0 radical (unpaired) electrons. The summed E-state index contributed by atoms with van der Waals surface area (Å²) in [4.78, 5) is 22.4. The van der Waals surface area contributed by atoms with Crippen LogP contribution < -0.4 is 5.56 Å². The fourth-order valence-corrected chi connectivity index (χ4v) is 1.68. The summed E-state index contributed by atoms with van der Waals surface area (Å²) in [5.74, 6) is 0. The zero-order valence-electron chi connectivity index (χ0n) is 9.10. The molecule has 0 atom stereocenters. The van der Waals surface area contributed by atoms with Gasteiger partial charge in [0, 0.05) is 24.4 Å². The summed E-state index contributed by atoms with van der Waals surface area (Å²) in [6.45, 7) is 1.96. The minimum atomic E-state index is -0.0450. The molecule has 0 bridgehead atoms. The van der Waals surface area contributed by atoms with Crippen molar-refractivity contribution in [1.29, 1.82) is 0 Å². The summed E-state index contributed by atoms with van der Waals surface area (Å²) in [6.07, 6.45) is 6.32. The molecule has 0 amide bonds. The fourth-order valence-electron chi connectivity index (χ4n) is 1.68. The second-order valence-electron chi connectivity index (χ2n) is 3.55. The Bertz CT molecular complexity index is 519. The monoisotopic (exact) mass is 215 g/mol. The van der Waals surface area contributed by atoms with Crippen molar-refractivity contribution in [1.82, 2.24) is 15.0 Å². The van der Waals surface area contributed by atoms with Crippen LogP contribution in [0, 0.1) is 0 Å². The number of H-pyrrole nitrogens is 1. The van der Waals surface area contributed by atoms with Gasteiger partial charge in [-0.25, -0.2) is 4.98 Å². The van der Waals surface area contributed by atoms with Gasteiger partial charge in [0.1, 0.15) is 0 Å². The zero-order valence-corrected chi connectivity index (χ0v) is 9.10. The Balaban J connectivity index is 2.35. The molecule has 0 aromatic carbocycles. The van der Waals surface area contributed by atoms with E-state index in [-0.39, 0.29) is 5.56 Å². The van der Waals surface area contributed by atoms with Gasteiger partial charge < -0.3 is 4.98 Å². The summed E-state index contributed by atoms with van der Waals surface area (Å²) in [6, 6.07) is 3.86. The maximum Gasteiger partial charge on any atom is 0.254 e. The predicted octanol–water partition coefficient (Wildman–Crippen LogP) is 1.32. The van der Waals surface area contributed by atoms with Crippen LogP contribution in [0.15, 0.2) is 35.6 Å². The quantitative estimate of drug-likeness (QED) is 0.840. The molecule has 82 valence electrons. The third-order valence-electron chi connectivity index (χ3n) is 2.49. The highest BCUT2D eigenvalue weighted by Gasteiger charge is 2.07. The van der Waals surface area contributed by atoms with Crippen molar-refractivity contribution in [3.8, 4) is 0 Å². The summed E-state index contributed by atoms with van der Waals surface area (Å²) >= 11 is 0. The topological polar surface area (TPSA) is 58.6 Å². The molecule has 1 N–H and O–H groups in total. The molecule has 0 fully saturated rings. The first-order valence-corrected chi connectivity index (χ1v) is 5.25. The second-order valence-corrected chi connectivity index (χ2v) is 3.55. The molecule has 16 heavy (non-hydrogen) atoms. The normalized spacial score (nSPS) is 10.3. The van der Waals surface area contributed by atoms with Crippen LogP contribution in [0.4, 0.5) is 0 Å². The Kier molecular flexibility index (Phi) is 3.10. The average molecular weight is 215 g/mol. The highest BCUT2D eigenvalue weighted by Crippen LogP contribution is 2.07. The van der Waals surface area contributed by atoms with Crippen molar-refractivity contribution in [2.75, 3.05) is 0 Å². The molecule has 0 saturated carbocycles. The molecular weight excluding hydrogens is 202 g/mol. The smallest absolute Gasteiger partial charge is 0.254 e. The van der Waals surface area contributed by atoms with E-state index in [0.717, 1.165) is 16.8 Å². The molecular formula is C12H13N3O. The Morgan fingerprint density at radius 1 is 1.44 bits per heavy atom. The second kappa shape index (κ2) is 4.70. The van der Waals surface area contributed by atoms with Gasteiger partial charge in [0.2, 0.25) is 0 Å². The summed E-state index contributed by atoms with van der Waals surface area (Å²) in [5, 5.41) is 0. The van der Waals surface area contributed by atoms with Gasteiger partial charge in [0.15, 0.2) is 0 Å². The van der Waals surface area contributed by atoms with Gasteiger partial charge in [-0.05, 0) is 18.1 Å². The Morgan fingerprint density at radius 3 is 3.00 bits per heavy atom. The largest absolute Gasteiger partial charge is 0.313 e. The van der Waals surface area contributed by atoms with Gasteiger partial charge in [-0.15, -0.1) is 0 Å². The first-order valence-electron chi connectivity index (χ1n) is 5.25. The number of nitrogens with zero attached hydrogens (tertiary/aromatic N) is 2. The summed E-state index contributed by atoms with van der Waals surface area (Å²) in [5.41, 5.74) is 2.61. The molecule has 0 spiro atoms. The molecule has 0 unspecified atom stereocenters.